The van der Waals surface area contributed by atoms with Gasteiger partial charge in [-0.2, -0.15) is 11.3 Å². The molecule has 1 N–H and O–H groups in total. The van der Waals surface area contributed by atoms with E-state index in [9.17, 15) is 4.79 Å². The van der Waals surface area contributed by atoms with Crippen molar-refractivity contribution in [3.05, 3.63) is 51.9 Å². The number of aromatic nitrogens is 3. The van der Waals surface area contributed by atoms with E-state index in [1.807, 2.05) is 23.8 Å². The van der Waals surface area contributed by atoms with Crippen LogP contribution in [0, 0.1) is 13.8 Å². The van der Waals surface area contributed by atoms with Crippen LogP contribution in [0.25, 0.3) is 5.69 Å². The lowest BCUT2D eigenvalue weighted by Crippen LogP contribution is -2.23. The second kappa shape index (κ2) is 5.53. The van der Waals surface area contributed by atoms with Gasteiger partial charge >= 0.3 is 0 Å². The molecule has 3 rings (SSSR count). The minimum atomic E-state index is -0.172. The zero-order valence-electron chi connectivity index (χ0n) is 11.7. The number of hydrogen-bond donors (Lipinski definition) is 1. The zero-order chi connectivity index (χ0) is 14.8. The molecule has 0 bridgehead atoms. The summed E-state index contributed by atoms with van der Waals surface area (Å²) in [7, 11) is 0. The summed E-state index contributed by atoms with van der Waals surface area (Å²) in [5.41, 5.74) is 2.22. The van der Waals surface area contributed by atoms with Crippen LogP contribution in [0.15, 0.2) is 33.5 Å². The van der Waals surface area contributed by atoms with Crippen molar-refractivity contribution in [1.29, 1.82) is 0 Å². The molecule has 0 aliphatic rings. The Hall–Kier alpha value is -2.41. The van der Waals surface area contributed by atoms with E-state index in [1.54, 1.807) is 35.2 Å². The summed E-state index contributed by atoms with van der Waals surface area (Å²) in [6.45, 7) is 3.91. The molecule has 0 fully saturated rings. The third-order valence-electron chi connectivity index (χ3n) is 3.03. The molecule has 0 aliphatic heterocycles. The maximum Gasteiger partial charge on any atom is 0.255 e. The van der Waals surface area contributed by atoms with E-state index in [-0.39, 0.29) is 5.91 Å². The monoisotopic (exact) mass is 302 g/mol. The molecule has 0 saturated heterocycles. The van der Waals surface area contributed by atoms with E-state index < -0.39 is 0 Å². The Balaban J connectivity index is 1.65. The van der Waals surface area contributed by atoms with Gasteiger partial charge in [0.15, 0.2) is 0 Å². The molecule has 0 radical (unpaired) electrons. The number of carbonyl (C=O) groups is 1. The predicted octanol–water partition coefficient (Wildman–Crippen LogP) is 2.47. The summed E-state index contributed by atoms with van der Waals surface area (Å²) in [6, 6.07) is 3.69. The Morgan fingerprint density at radius 1 is 1.48 bits per heavy atom. The van der Waals surface area contributed by atoms with Crippen molar-refractivity contribution in [2.45, 2.75) is 20.4 Å². The molecule has 1 amide bonds. The third kappa shape index (κ3) is 2.87. The zero-order valence-corrected chi connectivity index (χ0v) is 12.5. The number of nitrogens with one attached hydrogen (secondary N) is 1. The predicted molar refractivity (Wildman–Crippen MR) is 78.6 cm³/mol. The average molecular weight is 302 g/mol. The second-order valence-corrected chi connectivity index (χ2v) is 5.43. The summed E-state index contributed by atoms with van der Waals surface area (Å²) in [6.07, 6.45) is 1.80. The van der Waals surface area contributed by atoms with Crippen LogP contribution in [0.3, 0.4) is 0 Å². The smallest absolute Gasteiger partial charge is 0.255 e. The van der Waals surface area contributed by atoms with Crippen molar-refractivity contribution >= 4 is 17.2 Å². The van der Waals surface area contributed by atoms with Crippen LogP contribution >= 0.6 is 11.3 Å². The van der Waals surface area contributed by atoms with Crippen LogP contribution in [0.5, 0.6) is 0 Å². The molecule has 0 saturated carbocycles. The van der Waals surface area contributed by atoms with Gasteiger partial charge in [-0.25, -0.2) is 4.68 Å². The molecule has 0 aliphatic carbocycles. The Kier molecular flexibility index (Phi) is 3.57. The summed E-state index contributed by atoms with van der Waals surface area (Å²) in [5, 5.41) is 14.9. The van der Waals surface area contributed by atoms with E-state index in [0.717, 1.165) is 11.4 Å². The number of furan rings is 1. The molecule has 7 heteroatoms. The van der Waals surface area contributed by atoms with Crippen LogP contribution < -0.4 is 5.32 Å². The second-order valence-electron chi connectivity index (χ2n) is 4.65. The molecule has 3 heterocycles. The minimum Gasteiger partial charge on any atom is -0.466 e. The van der Waals surface area contributed by atoms with Crippen molar-refractivity contribution in [3.63, 3.8) is 0 Å². The minimum absolute atomic E-state index is 0.172. The van der Waals surface area contributed by atoms with E-state index in [0.29, 0.717) is 23.6 Å². The van der Waals surface area contributed by atoms with E-state index in [4.69, 9.17) is 4.42 Å². The van der Waals surface area contributed by atoms with Gasteiger partial charge in [0.1, 0.15) is 17.2 Å². The molecular formula is C14H14N4O2S. The number of thiophene rings is 1. The van der Waals surface area contributed by atoms with Gasteiger partial charge in [0.2, 0.25) is 0 Å². The van der Waals surface area contributed by atoms with Gasteiger partial charge in [-0.1, -0.05) is 5.21 Å². The Morgan fingerprint density at radius 3 is 3.00 bits per heavy atom. The Morgan fingerprint density at radius 2 is 2.33 bits per heavy atom. The third-order valence-corrected chi connectivity index (χ3v) is 3.70. The first kappa shape index (κ1) is 13.6. The first-order valence-electron chi connectivity index (χ1n) is 6.42. The van der Waals surface area contributed by atoms with Crippen molar-refractivity contribution in [2.24, 2.45) is 0 Å². The van der Waals surface area contributed by atoms with Gasteiger partial charge in [-0.15, -0.1) is 5.10 Å². The van der Waals surface area contributed by atoms with E-state index >= 15 is 0 Å². The van der Waals surface area contributed by atoms with Crippen LogP contribution in [0.1, 0.15) is 27.6 Å². The molecule has 21 heavy (non-hydrogen) atoms. The average Bonchev–Trinajstić information content (AvgIpc) is 3.15. The number of hydrogen-bond acceptors (Lipinski definition) is 5. The molecule has 0 spiro atoms. The quantitative estimate of drug-likeness (QED) is 0.803. The van der Waals surface area contributed by atoms with Gasteiger partial charge in [0, 0.05) is 5.38 Å². The van der Waals surface area contributed by atoms with Gasteiger partial charge in [-0.05, 0) is 31.4 Å². The first-order chi connectivity index (χ1) is 10.1. The molecule has 108 valence electrons. The van der Waals surface area contributed by atoms with Crippen molar-refractivity contribution in [3.8, 4) is 5.69 Å². The summed E-state index contributed by atoms with van der Waals surface area (Å²) in [4.78, 5) is 12.1. The van der Waals surface area contributed by atoms with Gasteiger partial charge in [-0.3, -0.25) is 4.79 Å². The molecule has 0 unspecified atom stereocenters. The summed E-state index contributed by atoms with van der Waals surface area (Å²) in [5.74, 6) is 1.17. The highest BCUT2D eigenvalue weighted by molar-refractivity contribution is 7.08. The highest BCUT2D eigenvalue weighted by Gasteiger charge is 2.13. The molecule has 3 aromatic rings. The molecular weight excluding hydrogens is 288 g/mol. The highest BCUT2D eigenvalue weighted by Crippen LogP contribution is 2.14. The van der Waals surface area contributed by atoms with Crippen LogP contribution in [-0.2, 0) is 6.54 Å². The summed E-state index contributed by atoms with van der Waals surface area (Å²) >= 11 is 1.59. The molecule has 0 atom stereocenters. The van der Waals surface area contributed by atoms with Crippen molar-refractivity contribution in [2.75, 3.05) is 0 Å². The van der Waals surface area contributed by atoms with Gasteiger partial charge in [0.25, 0.3) is 5.91 Å². The van der Waals surface area contributed by atoms with Gasteiger partial charge < -0.3 is 9.73 Å². The SMILES string of the molecule is Cc1cc(C(=O)NCc2cn(-c3ccsc3)nn2)c(C)o1. The normalized spacial score (nSPS) is 10.8. The van der Waals surface area contributed by atoms with Crippen LogP contribution in [-0.4, -0.2) is 20.9 Å². The molecule has 0 aromatic carbocycles. The van der Waals surface area contributed by atoms with Gasteiger partial charge in [0.05, 0.1) is 24.0 Å². The fraction of sp³-hybridized carbons (Fsp3) is 0.214. The standard InChI is InChI=1S/C14H14N4O2S/c1-9-5-13(10(2)20-9)14(19)15-6-11-7-18(17-16-11)12-3-4-21-8-12/h3-5,7-8H,6H2,1-2H3,(H,15,19). The fourth-order valence-electron chi connectivity index (χ4n) is 2.02. The fourth-order valence-corrected chi connectivity index (χ4v) is 2.64. The van der Waals surface area contributed by atoms with Crippen molar-refractivity contribution in [1.82, 2.24) is 20.3 Å². The van der Waals surface area contributed by atoms with Crippen LogP contribution in [0.4, 0.5) is 0 Å². The molecule has 6 nitrogen and oxygen atoms in total. The van der Waals surface area contributed by atoms with E-state index in [1.165, 1.54) is 0 Å². The molecule has 3 aromatic heterocycles. The van der Waals surface area contributed by atoms with Crippen molar-refractivity contribution < 1.29 is 9.21 Å². The number of nitrogens with zero attached hydrogens (tertiary/aromatic N) is 3. The maximum atomic E-state index is 12.1. The number of amides is 1. The number of carbonyl (C=O) groups excluding carboxylic acids is 1. The van der Waals surface area contributed by atoms with Crippen LogP contribution in [0.2, 0.25) is 0 Å². The topological polar surface area (TPSA) is 73.0 Å². The Labute approximate surface area is 125 Å². The number of rotatable bonds is 4. The highest BCUT2D eigenvalue weighted by atomic mass is 32.1. The summed E-state index contributed by atoms with van der Waals surface area (Å²) < 4.78 is 7.03. The maximum absolute atomic E-state index is 12.1. The first-order valence-corrected chi connectivity index (χ1v) is 7.37. The van der Waals surface area contributed by atoms with E-state index in [2.05, 4.69) is 15.6 Å². The lowest BCUT2D eigenvalue weighted by atomic mass is 10.2. The lowest BCUT2D eigenvalue weighted by molar-refractivity contribution is 0.0949. The Bertz CT molecular complexity index is 758. The lowest BCUT2D eigenvalue weighted by Gasteiger charge is -2.00. The largest absolute Gasteiger partial charge is 0.466 e. The number of aryl methyl sites for hydroxylation is 2.